The number of aliphatic hydroxyl groups excluding tert-OH is 1. The van der Waals surface area contributed by atoms with Crippen LogP contribution in [0, 0.1) is 11.8 Å². The predicted octanol–water partition coefficient (Wildman–Crippen LogP) is 1.04. The van der Waals surface area contributed by atoms with E-state index in [1.807, 2.05) is 25.2 Å². The number of likely N-dealkylation sites (tertiary alicyclic amines) is 1. The third-order valence-corrected chi connectivity index (χ3v) is 7.15. The maximum Gasteiger partial charge on any atom is 0.313 e. The Kier molecular flexibility index (Phi) is 5.96. The van der Waals surface area contributed by atoms with Crippen molar-refractivity contribution in [2.75, 3.05) is 32.8 Å². The van der Waals surface area contributed by atoms with E-state index in [2.05, 4.69) is 6.92 Å². The van der Waals surface area contributed by atoms with Crippen molar-refractivity contribution in [1.82, 2.24) is 9.80 Å². The number of ether oxygens (including phenoxy) is 2. The molecule has 2 saturated heterocycles. The van der Waals surface area contributed by atoms with Gasteiger partial charge in [-0.15, -0.1) is 0 Å². The number of hydrogen-bond acceptors (Lipinski definition) is 6. The molecule has 4 aliphatic heterocycles. The Balaban J connectivity index is 1.80. The Morgan fingerprint density at radius 2 is 1.87 bits per heavy atom. The van der Waals surface area contributed by atoms with Gasteiger partial charge in [0.15, 0.2) is 0 Å². The van der Waals surface area contributed by atoms with Crippen molar-refractivity contribution in [2.24, 2.45) is 11.8 Å². The number of cyclic esters (lactones) is 1. The Morgan fingerprint density at radius 1 is 1.06 bits per heavy atom. The molecule has 1 unspecified atom stereocenters. The highest BCUT2D eigenvalue weighted by Gasteiger charge is 2.75. The van der Waals surface area contributed by atoms with E-state index in [1.165, 1.54) is 4.90 Å². The fourth-order valence-electron chi connectivity index (χ4n) is 5.74. The van der Waals surface area contributed by atoms with E-state index in [1.54, 1.807) is 11.0 Å². The number of amides is 2. The second-order valence-electron chi connectivity index (χ2n) is 8.80. The molecule has 1 N–H and O–H groups in total. The highest BCUT2D eigenvalue weighted by molar-refractivity contribution is 5.99. The van der Waals surface area contributed by atoms with Crippen LogP contribution in [-0.4, -0.2) is 82.8 Å². The molecule has 0 aliphatic carbocycles. The van der Waals surface area contributed by atoms with Gasteiger partial charge in [0, 0.05) is 19.6 Å². The zero-order valence-corrected chi connectivity index (χ0v) is 18.3. The second-order valence-corrected chi connectivity index (χ2v) is 8.80. The van der Waals surface area contributed by atoms with E-state index in [9.17, 15) is 19.5 Å². The summed E-state index contributed by atoms with van der Waals surface area (Å²) in [5.41, 5.74) is -2.26. The van der Waals surface area contributed by atoms with E-state index >= 15 is 0 Å². The van der Waals surface area contributed by atoms with Crippen LogP contribution in [0.5, 0.6) is 0 Å². The third kappa shape index (κ3) is 3.22. The van der Waals surface area contributed by atoms with Crippen LogP contribution in [0.1, 0.15) is 39.5 Å². The first-order valence-corrected chi connectivity index (χ1v) is 11.4. The van der Waals surface area contributed by atoms with Crippen molar-refractivity contribution in [1.29, 1.82) is 0 Å². The highest BCUT2D eigenvalue weighted by atomic mass is 16.6. The molecular weight excluding hydrogens is 400 g/mol. The lowest BCUT2D eigenvalue weighted by Crippen LogP contribution is -2.56. The Bertz CT molecular complexity index is 810. The maximum atomic E-state index is 13.7. The molecule has 0 saturated carbocycles. The summed E-state index contributed by atoms with van der Waals surface area (Å²) in [5, 5.41) is 9.64. The fraction of sp³-hybridized carbons (Fsp3) is 0.696. The number of hydrogen-bond donors (Lipinski definition) is 1. The molecule has 4 aliphatic rings. The lowest BCUT2D eigenvalue weighted by Gasteiger charge is -2.38. The van der Waals surface area contributed by atoms with Gasteiger partial charge in [0.2, 0.25) is 11.8 Å². The van der Waals surface area contributed by atoms with Crippen LogP contribution in [0.3, 0.4) is 0 Å². The summed E-state index contributed by atoms with van der Waals surface area (Å²) in [5.74, 6) is -2.70. The van der Waals surface area contributed by atoms with Gasteiger partial charge in [-0.05, 0) is 18.9 Å². The zero-order chi connectivity index (χ0) is 22.2. The quantitative estimate of drug-likeness (QED) is 0.367. The number of nitrogens with zero attached hydrogens (tertiary/aromatic N) is 2. The van der Waals surface area contributed by atoms with Gasteiger partial charge in [0.05, 0.1) is 12.5 Å². The second kappa shape index (κ2) is 8.39. The molecule has 170 valence electrons. The molecule has 1 spiro atoms. The summed E-state index contributed by atoms with van der Waals surface area (Å²) in [6, 6.07) is -0.908. The lowest BCUT2D eigenvalue weighted by atomic mass is 9.73. The molecule has 8 nitrogen and oxygen atoms in total. The minimum absolute atomic E-state index is 0.0181. The number of carbonyl (C=O) groups excluding carboxylic acids is 3. The van der Waals surface area contributed by atoms with Gasteiger partial charge in [-0.1, -0.05) is 44.9 Å². The van der Waals surface area contributed by atoms with E-state index in [0.717, 1.165) is 19.3 Å². The topological polar surface area (TPSA) is 96.4 Å². The largest absolute Gasteiger partial charge is 0.461 e. The van der Waals surface area contributed by atoms with Crippen LogP contribution >= 0.6 is 0 Å². The van der Waals surface area contributed by atoms with Gasteiger partial charge in [0.25, 0.3) is 0 Å². The Morgan fingerprint density at radius 3 is 2.58 bits per heavy atom. The van der Waals surface area contributed by atoms with Gasteiger partial charge >= 0.3 is 5.97 Å². The molecule has 0 aromatic heterocycles. The van der Waals surface area contributed by atoms with Crippen molar-refractivity contribution in [2.45, 2.75) is 56.8 Å². The Labute approximate surface area is 182 Å². The first-order chi connectivity index (χ1) is 15.0. The average molecular weight is 433 g/mol. The SMILES string of the molecule is CCCCCN1CC=C[C@]23O[C@@]4(CC)C=CCOC(=O)[C@H]4[C@H]2C(=O)N(CCO)C3C1=O. The summed E-state index contributed by atoms with van der Waals surface area (Å²) in [6.45, 7) is 4.93. The monoisotopic (exact) mass is 432 g/mol. The van der Waals surface area contributed by atoms with Crippen molar-refractivity contribution in [3.8, 4) is 0 Å². The average Bonchev–Trinajstić information content (AvgIpc) is 3.03. The molecule has 2 fully saturated rings. The van der Waals surface area contributed by atoms with Gasteiger partial charge in [-0.2, -0.15) is 0 Å². The standard InChI is InChI=1S/C23H32N2O6/c1-3-5-6-11-24-12-7-10-23-16(19(27)25(13-14-26)18(23)20(24)28)17-21(29)30-15-8-9-22(17,4-2)31-23/h7-10,16-18,26H,3-6,11-15H2,1-2H3/t16-,17+,18?,22-,23-/m0/s1. The minimum Gasteiger partial charge on any atom is -0.461 e. The maximum absolute atomic E-state index is 13.7. The summed E-state index contributed by atoms with van der Waals surface area (Å²) in [4.78, 5) is 43.5. The molecule has 4 heterocycles. The third-order valence-electron chi connectivity index (χ3n) is 7.15. The van der Waals surface area contributed by atoms with E-state index in [4.69, 9.17) is 9.47 Å². The molecular formula is C23H32N2O6. The zero-order valence-electron chi connectivity index (χ0n) is 18.3. The van der Waals surface area contributed by atoms with Crippen molar-refractivity contribution >= 4 is 17.8 Å². The van der Waals surface area contributed by atoms with Crippen molar-refractivity contribution in [3.63, 3.8) is 0 Å². The summed E-state index contributed by atoms with van der Waals surface area (Å²) in [6.07, 6.45) is 10.7. The summed E-state index contributed by atoms with van der Waals surface area (Å²) >= 11 is 0. The van der Waals surface area contributed by atoms with Gasteiger partial charge in [0.1, 0.15) is 29.8 Å². The number of rotatable bonds is 7. The summed E-state index contributed by atoms with van der Waals surface area (Å²) < 4.78 is 12.0. The predicted molar refractivity (Wildman–Crippen MR) is 112 cm³/mol. The first-order valence-electron chi connectivity index (χ1n) is 11.4. The van der Waals surface area contributed by atoms with Crippen LogP contribution in [0.2, 0.25) is 0 Å². The summed E-state index contributed by atoms with van der Waals surface area (Å²) in [7, 11) is 0. The fourth-order valence-corrected chi connectivity index (χ4v) is 5.74. The van der Waals surface area contributed by atoms with Crippen molar-refractivity contribution < 1.29 is 29.0 Å². The van der Waals surface area contributed by atoms with Crippen LogP contribution in [0.4, 0.5) is 0 Å². The highest BCUT2D eigenvalue weighted by Crippen LogP contribution is 2.58. The van der Waals surface area contributed by atoms with Gasteiger partial charge in [-0.3, -0.25) is 14.4 Å². The molecule has 5 atom stereocenters. The Hall–Kier alpha value is -2.19. The molecule has 0 aromatic rings. The van der Waals surface area contributed by atoms with E-state index in [-0.39, 0.29) is 31.6 Å². The van der Waals surface area contributed by atoms with Gasteiger partial charge in [-0.25, -0.2) is 0 Å². The first kappa shape index (κ1) is 22.0. The number of aliphatic hydroxyl groups is 1. The van der Waals surface area contributed by atoms with Gasteiger partial charge < -0.3 is 24.4 Å². The number of carbonyl (C=O) groups is 3. The van der Waals surface area contributed by atoms with Crippen LogP contribution < -0.4 is 0 Å². The number of fused-ring (bicyclic) bond motifs is 2. The van der Waals surface area contributed by atoms with Crippen LogP contribution in [0.25, 0.3) is 0 Å². The minimum atomic E-state index is -1.26. The lowest BCUT2D eigenvalue weighted by molar-refractivity contribution is -0.159. The normalized spacial score (nSPS) is 36.7. The molecule has 4 rings (SSSR count). The molecule has 31 heavy (non-hydrogen) atoms. The molecule has 0 bridgehead atoms. The molecule has 0 aromatic carbocycles. The number of β-amino-alcohol motifs (C(OH)–C–C–N with tert-alkyl or cyclic N) is 1. The number of esters is 1. The smallest absolute Gasteiger partial charge is 0.313 e. The molecule has 8 heteroatoms. The van der Waals surface area contributed by atoms with E-state index in [0.29, 0.717) is 19.5 Å². The van der Waals surface area contributed by atoms with Crippen molar-refractivity contribution in [3.05, 3.63) is 24.3 Å². The molecule has 2 amide bonds. The van der Waals surface area contributed by atoms with E-state index < -0.39 is 35.0 Å². The number of unbranched alkanes of at least 4 members (excludes halogenated alkanes) is 2. The molecule has 0 radical (unpaired) electrons. The van der Waals surface area contributed by atoms with Crippen LogP contribution in [0.15, 0.2) is 24.3 Å². The van der Waals surface area contributed by atoms with Crippen LogP contribution in [-0.2, 0) is 23.9 Å².